The van der Waals surface area contributed by atoms with Crippen molar-refractivity contribution in [1.82, 2.24) is 0 Å². The molecule has 0 saturated heterocycles. The van der Waals surface area contributed by atoms with Crippen molar-refractivity contribution in [3.05, 3.63) is 57.2 Å². The number of aryl methyl sites for hydroxylation is 1. The Morgan fingerprint density at radius 1 is 1.16 bits per heavy atom. The van der Waals surface area contributed by atoms with Crippen LogP contribution in [0.1, 0.15) is 15.9 Å². The van der Waals surface area contributed by atoms with E-state index in [0.717, 1.165) is 9.64 Å². The number of primary sulfonamides is 1. The van der Waals surface area contributed by atoms with Gasteiger partial charge in [-0.05, 0) is 71.5 Å². The third-order valence-electron chi connectivity index (χ3n) is 3.19. The number of hydrogen-bond donors (Lipinski definition) is 2. The summed E-state index contributed by atoms with van der Waals surface area (Å²) >= 11 is 2.14. The second kappa shape index (κ2) is 7.93. The number of anilines is 1. The molecule has 0 aliphatic heterocycles. The first kappa shape index (κ1) is 19.3. The van der Waals surface area contributed by atoms with Crippen molar-refractivity contribution in [2.75, 3.05) is 11.9 Å². The van der Waals surface area contributed by atoms with Crippen molar-refractivity contribution in [3.63, 3.8) is 0 Å². The normalized spacial score (nSPS) is 11.0. The number of rotatable bonds is 5. The first-order valence-corrected chi connectivity index (χ1v) is 9.65. The van der Waals surface area contributed by atoms with E-state index in [1.807, 2.05) is 12.1 Å². The number of carbonyl (C=O) groups excluding carboxylic acids is 2. The third kappa shape index (κ3) is 5.51. The Kier molecular flexibility index (Phi) is 6.14. The van der Waals surface area contributed by atoms with Gasteiger partial charge in [0.1, 0.15) is 0 Å². The van der Waals surface area contributed by atoms with Crippen LogP contribution in [0.2, 0.25) is 0 Å². The zero-order valence-corrected chi connectivity index (χ0v) is 16.1. The maximum Gasteiger partial charge on any atom is 0.338 e. The Morgan fingerprint density at radius 3 is 2.40 bits per heavy atom. The highest BCUT2D eigenvalue weighted by Crippen LogP contribution is 2.16. The number of nitrogens with one attached hydrogen (secondary N) is 1. The average Bonchev–Trinajstić information content (AvgIpc) is 2.54. The molecule has 0 spiro atoms. The molecular formula is C16H15IN2O5S. The molecule has 0 radical (unpaired) electrons. The van der Waals surface area contributed by atoms with E-state index in [2.05, 4.69) is 27.9 Å². The van der Waals surface area contributed by atoms with Crippen LogP contribution in [0.4, 0.5) is 5.69 Å². The van der Waals surface area contributed by atoms with Crippen LogP contribution < -0.4 is 10.5 Å². The molecule has 2 rings (SSSR count). The molecule has 0 fully saturated rings. The van der Waals surface area contributed by atoms with Crippen LogP contribution in [0.25, 0.3) is 0 Å². The third-order valence-corrected chi connectivity index (χ3v) is 4.96. The Labute approximate surface area is 158 Å². The quantitative estimate of drug-likeness (QED) is 0.509. The first-order chi connectivity index (χ1) is 11.7. The minimum Gasteiger partial charge on any atom is -0.452 e. The Hall–Kier alpha value is -1.98. The van der Waals surface area contributed by atoms with Crippen molar-refractivity contribution in [2.24, 2.45) is 5.14 Å². The van der Waals surface area contributed by atoms with Crippen molar-refractivity contribution >= 4 is 50.2 Å². The van der Waals surface area contributed by atoms with Gasteiger partial charge in [-0.2, -0.15) is 0 Å². The fourth-order valence-corrected chi connectivity index (χ4v) is 3.15. The van der Waals surface area contributed by atoms with Gasteiger partial charge < -0.3 is 10.1 Å². The van der Waals surface area contributed by atoms with Crippen molar-refractivity contribution in [1.29, 1.82) is 0 Å². The summed E-state index contributed by atoms with van der Waals surface area (Å²) in [5.74, 6) is -1.32. The molecule has 132 valence electrons. The predicted octanol–water partition coefficient (Wildman–Crippen LogP) is 2.04. The van der Waals surface area contributed by atoms with Crippen LogP contribution in [0, 0.1) is 10.5 Å². The second-order valence-electron chi connectivity index (χ2n) is 5.16. The summed E-state index contributed by atoms with van der Waals surface area (Å²) < 4.78 is 28.9. The van der Waals surface area contributed by atoms with Gasteiger partial charge in [0.15, 0.2) is 6.61 Å². The molecule has 3 N–H and O–H groups in total. The van der Waals surface area contributed by atoms with Crippen LogP contribution in [0.3, 0.4) is 0 Å². The van der Waals surface area contributed by atoms with E-state index in [1.54, 1.807) is 19.1 Å². The fraction of sp³-hybridized carbons (Fsp3) is 0.125. The molecule has 0 bridgehead atoms. The largest absolute Gasteiger partial charge is 0.452 e. The highest BCUT2D eigenvalue weighted by atomic mass is 127. The molecule has 0 unspecified atom stereocenters. The summed E-state index contributed by atoms with van der Waals surface area (Å²) in [4.78, 5) is 23.6. The number of nitrogens with two attached hydrogens (primary N) is 1. The van der Waals surface area contributed by atoms with Gasteiger partial charge in [0.25, 0.3) is 5.91 Å². The summed E-state index contributed by atoms with van der Waals surface area (Å²) in [6.07, 6.45) is 0. The SMILES string of the molecule is Cc1ccc(C(=O)OCC(=O)Nc2ccc(I)cc2)cc1S(N)(=O)=O. The van der Waals surface area contributed by atoms with Gasteiger partial charge in [0.05, 0.1) is 10.5 Å². The highest BCUT2D eigenvalue weighted by molar-refractivity contribution is 14.1. The van der Waals surface area contributed by atoms with Gasteiger partial charge in [-0.25, -0.2) is 18.4 Å². The monoisotopic (exact) mass is 474 g/mol. The van der Waals surface area contributed by atoms with Crippen LogP contribution in [0.15, 0.2) is 47.4 Å². The highest BCUT2D eigenvalue weighted by Gasteiger charge is 2.17. The zero-order chi connectivity index (χ0) is 18.6. The van der Waals surface area contributed by atoms with Gasteiger partial charge in [-0.15, -0.1) is 0 Å². The maximum absolute atomic E-state index is 12.0. The van der Waals surface area contributed by atoms with E-state index in [1.165, 1.54) is 12.1 Å². The van der Waals surface area contributed by atoms with Gasteiger partial charge >= 0.3 is 5.97 Å². The van der Waals surface area contributed by atoms with Gasteiger partial charge in [0, 0.05) is 9.26 Å². The van der Waals surface area contributed by atoms with E-state index in [0.29, 0.717) is 11.3 Å². The molecule has 0 aliphatic rings. The van der Waals surface area contributed by atoms with Gasteiger partial charge in [-0.1, -0.05) is 6.07 Å². The van der Waals surface area contributed by atoms with E-state index >= 15 is 0 Å². The molecule has 0 heterocycles. The number of sulfonamides is 1. The predicted molar refractivity (Wildman–Crippen MR) is 101 cm³/mol. The van der Waals surface area contributed by atoms with E-state index in [4.69, 9.17) is 9.88 Å². The lowest BCUT2D eigenvalue weighted by molar-refractivity contribution is -0.119. The number of halogens is 1. The molecule has 7 nitrogen and oxygen atoms in total. The summed E-state index contributed by atoms with van der Waals surface area (Å²) in [5.41, 5.74) is 0.987. The molecule has 2 aromatic carbocycles. The van der Waals surface area contributed by atoms with Gasteiger partial charge in [-0.3, -0.25) is 4.79 Å². The zero-order valence-electron chi connectivity index (χ0n) is 13.2. The van der Waals surface area contributed by atoms with Crippen LogP contribution in [-0.4, -0.2) is 26.9 Å². The maximum atomic E-state index is 12.0. The summed E-state index contributed by atoms with van der Waals surface area (Å²) in [6.45, 7) is 1.06. The van der Waals surface area contributed by atoms with Gasteiger partial charge in [0.2, 0.25) is 10.0 Å². The second-order valence-corrected chi connectivity index (χ2v) is 7.93. The van der Waals surface area contributed by atoms with E-state index < -0.39 is 28.5 Å². The Bertz CT molecular complexity index is 911. The van der Waals surface area contributed by atoms with E-state index in [9.17, 15) is 18.0 Å². The summed E-state index contributed by atoms with van der Waals surface area (Å²) in [5, 5.41) is 7.69. The van der Waals surface area contributed by atoms with Crippen molar-refractivity contribution in [2.45, 2.75) is 11.8 Å². The topological polar surface area (TPSA) is 116 Å². The molecule has 0 saturated carbocycles. The molecular weight excluding hydrogens is 459 g/mol. The average molecular weight is 474 g/mol. The molecule has 9 heteroatoms. The Morgan fingerprint density at radius 2 is 1.80 bits per heavy atom. The smallest absolute Gasteiger partial charge is 0.338 e. The number of hydrogen-bond acceptors (Lipinski definition) is 5. The van der Waals surface area contributed by atoms with E-state index in [-0.39, 0.29) is 10.5 Å². The van der Waals surface area contributed by atoms with Crippen LogP contribution >= 0.6 is 22.6 Å². The summed E-state index contributed by atoms with van der Waals surface area (Å²) in [6, 6.07) is 11.1. The minimum atomic E-state index is -3.95. The molecule has 0 aromatic heterocycles. The minimum absolute atomic E-state index is 0.00306. The molecule has 1 amide bonds. The fourth-order valence-electron chi connectivity index (χ4n) is 1.98. The lowest BCUT2D eigenvalue weighted by Gasteiger charge is -2.08. The summed E-state index contributed by atoms with van der Waals surface area (Å²) in [7, 11) is -3.95. The molecule has 2 aromatic rings. The molecule has 0 atom stereocenters. The first-order valence-electron chi connectivity index (χ1n) is 7.03. The van der Waals surface area contributed by atoms with Crippen LogP contribution in [-0.2, 0) is 19.6 Å². The lowest BCUT2D eigenvalue weighted by atomic mass is 10.1. The van der Waals surface area contributed by atoms with Crippen molar-refractivity contribution in [3.8, 4) is 0 Å². The number of carbonyl (C=O) groups is 2. The van der Waals surface area contributed by atoms with Crippen LogP contribution in [0.5, 0.6) is 0 Å². The van der Waals surface area contributed by atoms with Crippen molar-refractivity contribution < 1.29 is 22.7 Å². The lowest BCUT2D eigenvalue weighted by Crippen LogP contribution is -2.21. The molecule has 0 aliphatic carbocycles. The number of ether oxygens (including phenoxy) is 1. The number of benzene rings is 2. The number of amides is 1. The number of esters is 1. The standard InChI is InChI=1S/C16H15IN2O5S/c1-10-2-3-11(8-14(10)25(18,22)23)16(21)24-9-15(20)19-13-6-4-12(17)5-7-13/h2-8H,9H2,1H3,(H,19,20)(H2,18,22,23). The Balaban J connectivity index is 2.00. The molecule has 25 heavy (non-hydrogen) atoms.